The van der Waals surface area contributed by atoms with Gasteiger partial charge in [-0.15, -0.1) is 0 Å². The van der Waals surface area contributed by atoms with E-state index in [4.69, 9.17) is 0 Å². The molecule has 3 nitrogen and oxygen atoms in total. The fourth-order valence-corrected chi connectivity index (χ4v) is 3.14. The van der Waals surface area contributed by atoms with Gasteiger partial charge in [0.05, 0.1) is 6.54 Å². The summed E-state index contributed by atoms with van der Waals surface area (Å²) in [5, 5.41) is 1.04. The lowest BCUT2D eigenvalue weighted by atomic mass is 9.95. The lowest BCUT2D eigenvalue weighted by molar-refractivity contribution is 0.0943. The Bertz CT molecular complexity index is 614. The molecule has 1 aromatic carbocycles. The van der Waals surface area contributed by atoms with Crippen molar-refractivity contribution in [1.82, 2.24) is 9.88 Å². The molecular weight excluding hydrogens is 248 g/mol. The highest BCUT2D eigenvalue weighted by molar-refractivity contribution is 6.08. The second kappa shape index (κ2) is 5.41. The fraction of sp³-hybridized carbons (Fsp3) is 0.471. The van der Waals surface area contributed by atoms with E-state index in [1.807, 2.05) is 30.5 Å². The number of fused-ring (bicyclic) bond motifs is 1. The van der Waals surface area contributed by atoms with Crippen LogP contribution in [-0.4, -0.2) is 35.3 Å². The molecule has 0 radical (unpaired) electrons. The maximum Gasteiger partial charge on any atom is 0.178 e. The molecule has 0 saturated carbocycles. The highest BCUT2D eigenvalue weighted by Gasteiger charge is 2.26. The van der Waals surface area contributed by atoms with E-state index in [9.17, 15) is 4.79 Å². The van der Waals surface area contributed by atoms with Gasteiger partial charge in [-0.1, -0.05) is 32.0 Å². The van der Waals surface area contributed by atoms with E-state index >= 15 is 0 Å². The maximum atomic E-state index is 12.5. The predicted molar refractivity (Wildman–Crippen MR) is 82.0 cm³/mol. The van der Waals surface area contributed by atoms with Crippen molar-refractivity contribution >= 4 is 16.7 Å². The third-order valence-corrected chi connectivity index (χ3v) is 4.51. The molecule has 3 rings (SSSR count). The molecule has 1 fully saturated rings. The van der Waals surface area contributed by atoms with Crippen molar-refractivity contribution < 1.29 is 4.79 Å². The first-order valence-corrected chi connectivity index (χ1v) is 7.47. The highest BCUT2D eigenvalue weighted by Crippen LogP contribution is 2.24. The largest absolute Gasteiger partial charge is 0.360 e. The van der Waals surface area contributed by atoms with E-state index in [2.05, 4.69) is 23.7 Å². The third-order valence-electron chi connectivity index (χ3n) is 4.51. The van der Waals surface area contributed by atoms with Crippen LogP contribution in [0.5, 0.6) is 0 Å². The summed E-state index contributed by atoms with van der Waals surface area (Å²) in [6, 6.07) is 8.00. The molecule has 0 aliphatic carbocycles. The Hall–Kier alpha value is -1.61. The molecule has 0 amide bonds. The van der Waals surface area contributed by atoms with E-state index in [0.717, 1.165) is 35.5 Å². The monoisotopic (exact) mass is 270 g/mol. The molecule has 1 aliphatic rings. The number of ketones is 1. The van der Waals surface area contributed by atoms with Crippen LogP contribution in [-0.2, 0) is 0 Å². The number of aromatic nitrogens is 1. The molecule has 20 heavy (non-hydrogen) atoms. The number of nitrogens with zero attached hydrogens (tertiary/aromatic N) is 1. The molecule has 0 bridgehead atoms. The third kappa shape index (κ3) is 2.50. The number of H-pyrrole nitrogens is 1. The van der Waals surface area contributed by atoms with Gasteiger partial charge in [0.15, 0.2) is 5.78 Å². The van der Waals surface area contributed by atoms with Crippen molar-refractivity contribution in [2.24, 2.45) is 11.8 Å². The number of nitrogens with one attached hydrogen (secondary N) is 1. The first-order chi connectivity index (χ1) is 9.65. The first kappa shape index (κ1) is 13.4. The topological polar surface area (TPSA) is 36.1 Å². The van der Waals surface area contributed by atoms with Crippen LogP contribution < -0.4 is 0 Å². The quantitative estimate of drug-likeness (QED) is 0.865. The van der Waals surface area contributed by atoms with Gasteiger partial charge in [-0.05, 0) is 30.9 Å². The van der Waals surface area contributed by atoms with Gasteiger partial charge < -0.3 is 4.98 Å². The average Bonchev–Trinajstić information content (AvgIpc) is 3.04. The minimum Gasteiger partial charge on any atom is -0.360 e. The lowest BCUT2D eigenvalue weighted by Gasteiger charge is -2.16. The van der Waals surface area contributed by atoms with Crippen LogP contribution in [0.15, 0.2) is 30.5 Å². The molecule has 1 unspecified atom stereocenters. The standard InChI is InChI=1S/C17H22N2O/c1-12(2)13-7-8-19(10-13)11-17(20)15-9-18-16-6-4-3-5-14(15)16/h3-6,9,12-13,18H,7-8,10-11H2,1-2H3. The van der Waals surface area contributed by atoms with Crippen LogP contribution in [0.3, 0.4) is 0 Å². The van der Waals surface area contributed by atoms with Gasteiger partial charge in [-0.25, -0.2) is 0 Å². The minimum absolute atomic E-state index is 0.229. The fourth-order valence-electron chi connectivity index (χ4n) is 3.14. The van der Waals surface area contributed by atoms with E-state index in [1.54, 1.807) is 0 Å². The second-order valence-corrected chi connectivity index (χ2v) is 6.20. The normalized spacial score (nSPS) is 20.1. The predicted octanol–water partition coefficient (Wildman–Crippen LogP) is 3.33. The summed E-state index contributed by atoms with van der Waals surface area (Å²) in [7, 11) is 0. The van der Waals surface area contributed by atoms with Crippen molar-refractivity contribution in [3.05, 3.63) is 36.0 Å². The van der Waals surface area contributed by atoms with Crippen molar-refractivity contribution in [2.75, 3.05) is 19.6 Å². The van der Waals surface area contributed by atoms with E-state index in [0.29, 0.717) is 12.5 Å². The first-order valence-electron chi connectivity index (χ1n) is 7.47. The number of hydrogen-bond donors (Lipinski definition) is 1. The van der Waals surface area contributed by atoms with Gasteiger partial charge in [0.1, 0.15) is 0 Å². The number of aromatic amines is 1. The van der Waals surface area contributed by atoms with Crippen molar-refractivity contribution in [1.29, 1.82) is 0 Å². The summed E-state index contributed by atoms with van der Waals surface area (Å²) in [6.07, 6.45) is 3.07. The molecule has 1 N–H and O–H groups in total. The Morgan fingerprint density at radius 1 is 1.40 bits per heavy atom. The molecule has 3 heteroatoms. The summed E-state index contributed by atoms with van der Waals surface area (Å²) in [6.45, 7) is 7.21. The number of likely N-dealkylation sites (tertiary alicyclic amines) is 1. The molecule has 1 aromatic heterocycles. The molecule has 1 saturated heterocycles. The summed E-state index contributed by atoms with van der Waals surface area (Å²) in [5.74, 6) is 1.68. The Morgan fingerprint density at radius 3 is 2.95 bits per heavy atom. The van der Waals surface area contributed by atoms with Crippen molar-refractivity contribution in [3.8, 4) is 0 Å². The van der Waals surface area contributed by atoms with Crippen LogP contribution in [0.25, 0.3) is 10.9 Å². The van der Waals surface area contributed by atoms with Gasteiger partial charge in [0, 0.05) is 29.2 Å². The van der Waals surface area contributed by atoms with Gasteiger partial charge in [0.2, 0.25) is 0 Å². The van der Waals surface area contributed by atoms with Gasteiger partial charge in [-0.3, -0.25) is 9.69 Å². The van der Waals surface area contributed by atoms with Crippen LogP contribution in [0.4, 0.5) is 0 Å². The van der Waals surface area contributed by atoms with E-state index in [1.165, 1.54) is 6.42 Å². The van der Waals surface area contributed by atoms with Crippen LogP contribution in [0.1, 0.15) is 30.6 Å². The summed E-state index contributed by atoms with van der Waals surface area (Å²) in [5.41, 5.74) is 1.87. The number of hydrogen-bond acceptors (Lipinski definition) is 2. The second-order valence-electron chi connectivity index (χ2n) is 6.20. The molecular formula is C17H22N2O. The molecule has 2 aromatic rings. The molecule has 2 heterocycles. The molecule has 0 spiro atoms. The Balaban J connectivity index is 1.71. The average molecular weight is 270 g/mol. The number of Topliss-reactive ketones (excluding diaryl/α,β-unsaturated/α-hetero) is 1. The van der Waals surface area contributed by atoms with Gasteiger partial charge >= 0.3 is 0 Å². The van der Waals surface area contributed by atoms with Crippen LogP contribution >= 0.6 is 0 Å². The van der Waals surface area contributed by atoms with Crippen molar-refractivity contribution in [3.63, 3.8) is 0 Å². The lowest BCUT2D eigenvalue weighted by Crippen LogP contribution is -2.28. The Labute approximate surface area is 120 Å². The SMILES string of the molecule is CC(C)C1CCN(CC(=O)c2c[nH]c3ccccc23)C1. The molecule has 1 aliphatic heterocycles. The highest BCUT2D eigenvalue weighted by atomic mass is 16.1. The van der Waals surface area contributed by atoms with Crippen molar-refractivity contribution in [2.45, 2.75) is 20.3 Å². The maximum absolute atomic E-state index is 12.5. The Kier molecular flexibility index (Phi) is 3.62. The zero-order valence-corrected chi connectivity index (χ0v) is 12.2. The number of carbonyl (C=O) groups is 1. The Morgan fingerprint density at radius 2 is 2.20 bits per heavy atom. The zero-order valence-electron chi connectivity index (χ0n) is 12.2. The summed E-state index contributed by atoms with van der Waals surface area (Å²) < 4.78 is 0. The van der Waals surface area contributed by atoms with Gasteiger partial charge in [0.25, 0.3) is 0 Å². The van der Waals surface area contributed by atoms with E-state index in [-0.39, 0.29) is 5.78 Å². The summed E-state index contributed by atoms with van der Waals surface area (Å²) >= 11 is 0. The molecule has 1 atom stereocenters. The number of para-hydroxylation sites is 1. The smallest absolute Gasteiger partial charge is 0.178 e. The van der Waals surface area contributed by atoms with Crippen LogP contribution in [0, 0.1) is 11.8 Å². The van der Waals surface area contributed by atoms with E-state index < -0.39 is 0 Å². The number of carbonyl (C=O) groups excluding carboxylic acids is 1. The molecule has 106 valence electrons. The number of rotatable bonds is 4. The van der Waals surface area contributed by atoms with Gasteiger partial charge in [-0.2, -0.15) is 0 Å². The number of benzene rings is 1. The van der Waals surface area contributed by atoms with Crippen LogP contribution in [0.2, 0.25) is 0 Å². The zero-order chi connectivity index (χ0) is 14.1. The minimum atomic E-state index is 0.229. The summed E-state index contributed by atoms with van der Waals surface area (Å²) in [4.78, 5) is 18.0.